The molecular formula is C14H24N2O5. The Morgan fingerprint density at radius 3 is 2.33 bits per heavy atom. The largest absolute Gasteiger partial charge is 0.480 e. The smallest absolute Gasteiger partial charge is 0.329 e. The number of aliphatic carboxylic acids is 1. The number of rotatable bonds is 5. The van der Waals surface area contributed by atoms with Gasteiger partial charge in [0.15, 0.2) is 0 Å². The van der Waals surface area contributed by atoms with Gasteiger partial charge in [-0.3, -0.25) is 4.79 Å². The van der Waals surface area contributed by atoms with Crippen LogP contribution < -0.4 is 5.32 Å². The molecule has 1 aliphatic carbocycles. The van der Waals surface area contributed by atoms with Gasteiger partial charge in [-0.1, -0.05) is 6.92 Å². The van der Waals surface area contributed by atoms with Crippen LogP contribution in [0.2, 0.25) is 0 Å². The van der Waals surface area contributed by atoms with Crippen LogP contribution in [0.5, 0.6) is 0 Å². The number of carbonyl (C=O) groups is 3. The molecular weight excluding hydrogens is 276 g/mol. The standard InChI is InChI=1S/C14H24N2O5/c1-4-16(9-11(17)21-3)13(20)15-14(12(18)19)7-5-10(2)6-8-14/h10H,4-9H2,1-3H3,(H,15,20)(H,18,19). The number of urea groups is 1. The molecule has 120 valence electrons. The lowest BCUT2D eigenvalue weighted by molar-refractivity contribution is -0.146. The van der Waals surface area contributed by atoms with Crippen LogP contribution >= 0.6 is 0 Å². The minimum absolute atomic E-state index is 0.190. The number of ether oxygens (including phenoxy) is 1. The van der Waals surface area contributed by atoms with Crippen molar-refractivity contribution in [3.05, 3.63) is 0 Å². The Morgan fingerprint density at radius 2 is 1.90 bits per heavy atom. The maximum absolute atomic E-state index is 12.2. The number of methoxy groups -OCH3 is 1. The van der Waals surface area contributed by atoms with E-state index in [1.54, 1.807) is 6.92 Å². The van der Waals surface area contributed by atoms with Gasteiger partial charge in [-0.2, -0.15) is 0 Å². The SMILES string of the molecule is CCN(CC(=O)OC)C(=O)NC1(C(=O)O)CCC(C)CC1. The van der Waals surface area contributed by atoms with Crippen molar-refractivity contribution in [1.82, 2.24) is 10.2 Å². The van der Waals surface area contributed by atoms with Crippen molar-refractivity contribution in [2.45, 2.75) is 45.1 Å². The highest BCUT2D eigenvalue weighted by atomic mass is 16.5. The van der Waals surface area contributed by atoms with Gasteiger partial charge in [0, 0.05) is 6.54 Å². The first-order valence-corrected chi connectivity index (χ1v) is 7.22. The van der Waals surface area contributed by atoms with Crippen LogP contribution in [0.25, 0.3) is 0 Å². The molecule has 0 bridgehead atoms. The third-order valence-corrected chi connectivity index (χ3v) is 4.10. The topological polar surface area (TPSA) is 95.9 Å². The van der Waals surface area contributed by atoms with Crippen LogP contribution in [0.3, 0.4) is 0 Å². The number of carboxylic acids is 1. The van der Waals surface area contributed by atoms with E-state index >= 15 is 0 Å². The minimum Gasteiger partial charge on any atom is -0.480 e. The Labute approximate surface area is 124 Å². The summed E-state index contributed by atoms with van der Waals surface area (Å²) in [5.74, 6) is -1.09. The monoisotopic (exact) mass is 300 g/mol. The molecule has 2 N–H and O–H groups in total. The number of likely N-dealkylation sites (N-methyl/N-ethyl adjacent to an activating group) is 1. The van der Waals surface area contributed by atoms with Gasteiger partial charge >= 0.3 is 18.0 Å². The minimum atomic E-state index is -1.23. The predicted octanol–water partition coefficient (Wildman–Crippen LogP) is 1.22. The van der Waals surface area contributed by atoms with Crippen molar-refractivity contribution in [2.75, 3.05) is 20.2 Å². The highest BCUT2D eigenvalue weighted by Gasteiger charge is 2.43. The molecule has 0 aromatic carbocycles. The first kappa shape index (κ1) is 17.3. The zero-order valence-electron chi connectivity index (χ0n) is 12.8. The van der Waals surface area contributed by atoms with E-state index in [0.717, 1.165) is 12.8 Å². The molecule has 0 unspecified atom stereocenters. The third kappa shape index (κ3) is 4.34. The molecule has 0 spiro atoms. The molecule has 7 heteroatoms. The summed E-state index contributed by atoms with van der Waals surface area (Å²) in [6.45, 7) is 3.90. The summed E-state index contributed by atoms with van der Waals surface area (Å²) < 4.78 is 4.53. The van der Waals surface area contributed by atoms with E-state index in [9.17, 15) is 19.5 Å². The molecule has 2 amide bonds. The molecule has 0 saturated heterocycles. The summed E-state index contributed by atoms with van der Waals surface area (Å²) in [7, 11) is 1.25. The Morgan fingerprint density at radius 1 is 1.33 bits per heavy atom. The van der Waals surface area contributed by atoms with Crippen LogP contribution in [0.4, 0.5) is 4.79 Å². The van der Waals surface area contributed by atoms with Gasteiger partial charge in [0.1, 0.15) is 12.1 Å². The number of nitrogens with zero attached hydrogens (tertiary/aromatic N) is 1. The Hall–Kier alpha value is -1.79. The number of hydrogen-bond donors (Lipinski definition) is 2. The molecule has 0 aromatic rings. The van der Waals surface area contributed by atoms with Crippen molar-refractivity contribution in [2.24, 2.45) is 5.92 Å². The fourth-order valence-corrected chi connectivity index (χ4v) is 2.48. The Kier molecular flexibility index (Phi) is 5.99. The van der Waals surface area contributed by atoms with Gasteiger partial charge in [0.2, 0.25) is 0 Å². The van der Waals surface area contributed by atoms with Gasteiger partial charge in [-0.15, -0.1) is 0 Å². The normalized spacial score (nSPS) is 25.0. The number of hydrogen-bond acceptors (Lipinski definition) is 4. The van der Waals surface area contributed by atoms with Crippen molar-refractivity contribution >= 4 is 18.0 Å². The van der Waals surface area contributed by atoms with Crippen molar-refractivity contribution in [1.29, 1.82) is 0 Å². The molecule has 0 aromatic heterocycles. The van der Waals surface area contributed by atoms with E-state index < -0.39 is 23.5 Å². The first-order valence-electron chi connectivity index (χ1n) is 7.22. The number of esters is 1. The highest BCUT2D eigenvalue weighted by Crippen LogP contribution is 2.32. The highest BCUT2D eigenvalue weighted by molar-refractivity contribution is 5.88. The Bertz CT molecular complexity index is 402. The summed E-state index contributed by atoms with van der Waals surface area (Å²) in [4.78, 5) is 36.3. The molecule has 21 heavy (non-hydrogen) atoms. The fraction of sp³-hybridized carbons (Fsp3) is 0.786. The maximum Gasteiger partial charge on any atom is 0.329 e. The van der Waals surface area contributed by atoms with E-state index in [4.69, 9.17) is 0 Å². The molecule has 0 radical (unpaired) electrons. The summed E-state index contributed by atoms with van der Waals surface area (Å²) in [5.41, 5.74) is -1.23. The van der Waals surface area contributed by atoms with E-state index in [-0.39, 0.29) is 6.54 Å². The average molecular weight is 300 g/mol. The third-order valence-electron chi connectivity index (χ3n) is 4.10. The number of carboxylic acid groups (broad SMARTS) is 1. The van der Waals surface area contributed by atoms with E-state index in [2.05, 4.69) is 17.0 Å². The zero-order valence-corrected chi connectivity index (χ0v) is 12.8. The lowest BCUT2D eigenvalue weighted by Gasteiger charge is -2.37. The summed E-state index contributed by atoms with van der Waals surface area (Å²) in [5, 5.41) is 12.1. The van der Waals surface area contributed by atoms with Gasteiger partial charge in [-0.25, -0.2) is 9.59 Å². The van der Waals surface area contributed by atoms with Crippen molar-refractivity contribution in [3.8, 4) is 0 Å². The molecule has 1 rings (SSSR count). The fourth-order valence-electron chi connectivity index (χ4n) is 2.48. The second-order valence-electron chi connectivity index (χ2n) is 5.59. The molecule has 0 atom stereocenters. The molecule has 0 heterocycles. The second kappa shape index (κ2) is 7.28. The lowest BCUT2D eigenvalue weighted by Crippen LogP contribution is -2.59. The Balaban J connectivity index is 2.76. The van der Waals surface area contributed by atoms with E-state index in [1.807, 2.05) is 0 Å². The number of amides is 2. The maximum atomic E-state index is 12.2. The van der Waals surface area contributed by atoms with E-state index in [0.29, 0.717) is 25.3 Å². The molecule has 1 aliphatic rings. The van der Waals surface area contributed by atoms with Crippen LogP contribution in [-0.4, -0.2) is 53.7 Å². The van der Waals surface area contributed by atoms with Crippen molar-refractivity contribution in [3.63, 3.8) is 0 Å². The lowest BCUT2D eigenvalue weighted by atomic mass is 9.77. The quantitative estimate of drug-likeness (QED) is 0.744. The number of nitrogens with one attached hydrogen (secondary N) is 1. The summed E-state index contributed by atoms with van der Waals surface area (Å²) >= 11 is 0. The van der Waals surface area contributed by atoms with Crippen LogP contribution in [-0.2, 0) is 14.3 Å². The van der Waals surface area contributed by atoms with Crippen LogP contribution in [0, 0.1) is 5.92 Å². The zero-order chi connectivity index (χ0) is 16.0. The second-order valence-corrected chi connectivity index (χ2v) is 5.59. The summed E-state index contributed by atoms with van der Waals surface area (Å²) in [6, 6.07) is -0.542. The van der Waals surface area contributed by atoms with Crippen LogP contribution in [0.1, 0.15) is 39.5 Å². The number of carbonyl (C=O) groups excluding carboxylic acids is 2. The molecule has 0 aliphatic heterocycles. The molecule has 1 fully saturated rings. The van der Waals surface area contributed by atoms with Gasteiger partial charge in [0.25, 0.3) is 0 Å². The van der Waals surface area contributed by atoms with Crippen LogP contribution in [0.15, 0.2) is 0 Å². The molecule has 7 nitrogen and oxygen atoms in total. The van der Waals surface area contributed by atoms with Crippen molar-refractivity contribution < 1.29 is 24.2 Å². The van der Waals surface area contributed by atoms with Gasteiger partial charge < -0.3 is 20.1 Å². The predicted molar refractivity (Wildman–Crippen MR) is 75.8 cm³/mol. The first-order chi connectivity index (χ1) is 9.84. The van der Waals surface area contributed by atoms with E-state index in [1.165, 1.54) is 12.0 Å². The van der Waals surface area contributed by atoms with Gasteiger partial charge in [-0.05, 0) is 38.5 Å². The molecule has 1 saturated carbocycles. The van der Waals surface area contributed by atoms with Gasteiger partial charge in [0.05, 0.1) is 7.11 Å². The summed E-state index contributed by atoms with van der Waals surface area (Å²) in [6.07, 6.45) is 2.33. The average Bonchev–Trinajstić information content (AvgIpc) is 2.46.